The Morgan fingerprint density at radius 2 is 0.569 bits per heavy atom. The molecule has 0 saturated heterocycles. The van der Waals surface area contributed by atoms with Gasteiger partial charge >= 0.3 is 39.5 Å². The lowest BCUT2D eigenvalue weighted by Gasteiger charge is -2.21. The van der Waals surface area contributed by atoms with E-state index in [2.05, 4.69) is 161 Å². The number of allylic oxidation sites excluding steroid dienone is 30. The van der Waals surface area contributed by atoms with E-state index in [0.717, 1.165) is 122 Å². The van der Waals surface area contributed by atoms with Crippen molar-refractivity contribution in [1.29, 1.82) is 0 Å². The standard InChI is InChI=1S/C83H130O17P2/c1-5-9-13-17-21-25-29-33-37-38-42-44-48-52-56-60-64-68-81(86)94-74-79(100-83(88)70-66-62-58-54-50-46-41-36-32-28-24-20-16-12-8-4)76-98-102(91,92)96-72-77(84)71-95-101(89,90)97-75-78(99-82(87)69-65-61-57-53-49-45-40-35-31-27-23-19-15-11-7-3)73-93-80(85)67-63-59-55-51-47-43-39-34-30-26-22-18-14-10-6-2/h9-10,12-14,16,21-22,24-26,28,33-37,39-42,44,47,50-52,54,56,59,62-63,66,77-79,84H,5-8,11,15,17-20,23,27,29-32,38,43,45-46,48-49,53,55,57-58,60-61,64-65,67-76H2,1-4H3,(H,89,90)(H,91,92)/b13-9-,14-10-,16-12-,25-21-,26-22-,28-24-,37-33-,39-34-,40-35-,41-36-,44-42-,51-47-,54-50-,56-52-,63-59-,66-62-. The van der Waals surface area contributed by atoms with Gasteiger partial charge in [0, 0.05) is 12.8 Å². The smallest absolute Gasteiger partial charge is 0.462 e. The molecule has 0 spiro atoms. The van der Waals surface area contributed by atoms with Crippen molar-refractivity contribution in [2.45, 2.75) is 264 Å². The minimum Gasteiger partial charge on any atom is -0.462 e. The second-order valence-electron chi connectivity index (χ2n) is 24.1. The van der Waals surface area contributed by atoms with Gasteiger partial charge in [-0.1, -0.05) is 273 Å². The Kier molecular flexibility index (Phi) is 68.8. The summed E-state index contributed by atoms with van der Waals surface area (Å²) < 4.78 is 68.1. The van der Waals surface area contributed by atoms with Crippen LogP contribution in [0.4, 0.5) is 0 Å². The normalized spacial score (nSPS) is 15.0. The maximum atomic E-state index is 13.1. The van der Waals surface area contributed by atoms with Crippen LogP contribution in [-0.4, -0.2) is 96.7 Å². The Hall–Kier alpha value is -6.10. The number of hydrogen-bond donors (Lipinski definition) is 3. The Labute approximate surface area is 615 Å². The van der Waals surface area contributed by atoms with Gasteiger partial charge in [0.05, 0.1) is 39.3 Å². The van der Waals surface area contributed by atoms with Gasteiger partial charge in [0.2, 0.25) is 0 Å². The Morgan fingerprint density at radius 1 is 0.294 bits per heavy atom. The third-order valence-electron chi connectivity index (χ3n) is 14.6. The Balaban J connectivity index is 5.57. The average molecular weight is 1460 g/mol. The lowest BCUT2D eigenvalue weighted by molar-refractivity contribution is -0.160. The van der Waals surface area contributed by atoms with E-state index in [1.807, 2.05) is 42.5 Å². The molecule has 0 bridgehead atoms. The molecule has 0 aromatic carbocycles. The molecule has 5 unspecified atom stereocenters. The molecule has 0 aromatic heterocycles. The summed E-state index contributed by atoms with van der Waals surface area (Å²) in [5, 5.41) is 10.6. The zero-order chi connectivity index (χ0) is 74.6. The topological polar surface area (TPSA) is 237 Å². The van der Waals surface area contributed by atoms with Gasteiger partial charge in [-0.2, -0.15) is 0 Å². The van der Waals surface area contributed by atoms with Crippen molar-refractivity contribution in [2.24, 2.45) is 0 Å². The van der Waals surface area contributed by atoms with Gasteiger partial charge in [-0.3, -0.25) is 37.3 Å². The lowest BCUT2D eigenvalue weighted by atomic mass is 10.1. The quantitative estimate of drug-likeness (QED) is 0.0169. The first-order chi connectivity index (χ1) is 49.7. The molecule has 0 aliphatic heterocycles. The van der Waals surface area contributed by atoms with Crippen LogP contribution in [0.1, 0.15) is 246 Å². The van der Waals surface area contributed by atoms with E-state index in [1.54, 1.807) is 18.2 Å². The number of carbonyl (C=O) groups excluding carboxylic acids is 4. The summed E-state index contributed by atoms with van der Waals surface area (Å²) in [5.74, 6) is -2.58. The molecule has 0 aromatic rings. The highest BCUT2D eigenvalue weighted by molar-refractivity contribution is 7.47. The monoisotopic (exact) mass is 1460 g/mol. The zero-order valence-corrected chi connectivity index (χ0v) is 64.2. The maximum absolute atomic E-state index is 13.1. The third kappa shape index (κ3) is 72.3. The van der Waals surface area contributed by atoms with Crippen LogP contribution in [0.5, 0.6) is 0 Å². The van der Waals surface area contributed by atoms with E-state index in [1.165, 1.54) is 38.5 Å². The molecule has 0 heterocycles. The number of aliphatic hydroxyl groups is 1. The van der Waals surface area contributed by atoms with Gasteiger partial charge in [0.15, 0.2) is 12.2 Å². The molecule has 0 rings (SSSR count). The van der Waals surface area contributed by atoms with Gasteiger partial charge in [-0.05, 0) is 141 Å². The maximum Gasteiger partial charge on any atom is 0.472 e. The molecule has 5 atom stereocenters. The van der Waals surface area contributed by atoms with Crippen molar-refractivity contribution in [3.05, 3.63) is 194 Å². The van der Waals surface area contributed by atoms with Crippen LogP contribution in [-0.2, 0) is 65.4 Å². The van der Waals surface area contributed by atoms with Gasteiger partial charge in [-0.15, -0.1) is 0 Å². The van der Waals surface area contributed by atoms with Crippen molar-refractivity contribution >= 4 is 39.5 Å². The number of hydrogen-bond acceptors (Lipinski definition) is 15. The average Bonchev–Trinajstić information content (AvgIpc) is 0.923. The Morgan fingerprint density at radius 3 is 0.951 bits per heavy atom. The number of ether oxygens (including phenoxy) is 4. The molecule has 0 radical (unpaired) electrons. The van der Waals surface area contributed by atoms with Crippen LogP contribution in [0.3, 0.4) is 0 Å². The van der Waals surface area contributed by atoms with Crippen LogP contribution >= 0.6 is 15.6 Å². The van der Waals surface area contributed by atoms with E-state index in [9.17, 15) is 43.2 Å². The number of rotatable bonds is 68. The first kappa shape index (κ1) is 95.9. The van der Waals surface area contributed by atoms with Crippen LogP contribution in [0.15, 0.2) is 194 Å². The van der Waals surface area contributed by atoms with Crippen molar-refractivity contribution in [1.82, 2.24) is 0 Å². The fourth-order valence-electron chi connectivity index (χ4n) is 8.99. The predicted molar refractivity (Wildman–Crippen MR) is 417 cm³/mol. The van der Waals surface area contributed by atoms with Crippen LogP contribution in [0.2, 0.25) is 0 Å². The zero-order valence-electron chi connectivity index (χ0n) is 62.4. The Bertz CT molecular complexity index is 2700. The molecule has 19 heteroatoms. The van der Waals surface area contributed by atoms with Crippen molar-refractivity contribution in [3.63, 3.8) is 0 Å². The lowest BCUT2D eigenvalue weighted by Crippen LogP contribution is -2.30. The highest BCUT2D eigenvalue weighted by atomic mass is 31.2. The van der Waals surface area contributed by atoms with Crippen molar-refractivity contribution in [3.8, 4) is 0 Å². The molecule has 0 aliphatic rings. The molecule has 0 aliphatic carbocycles. The summed E-state index contributed by atoms with van der Waals surface area (Å²) in [6.45, 7) is 4.17. The van der Waals surface area contributed by atoms with Gasteiger partial charge in [-0.25, -0.2) is 9.13 Å². The van der Waals surface area contributed by atoms with Crippen molar-refractivity contribution < 1.29 is 80.2 Å². The summed E-state index contributed by atoms with van der Waals surface area (Å²) in [4.78, 5) is 72.7. The van der Waals surface area contributed by atoms with Crippen LogP contribution < -0.4 is 0 Å². The van der Waals surface area contributed by atoms with Gasteiger partial charge in [0.25, 0.3) is 0 Å². The molecule has 0 saturated carbocycles. The summed E-state index contributed by atoms with van der Waals surface area (Å²) in [6.07, 6.45) is 89.3. The minimum atomic E-state index is -5.03. The minimum absolute atomic E-state index is 0.0535. The summed E-state index contributed by atoms with van der Waals surface area (Å²) in [5.41, 5.74) is 0. The molecule has 17 nitrogen and oxygen atoms in total. The number of carbonyl (C=O) groups is 4. The summed E-state index contributed by atoms with van der Waals surface area (Å²) >= 11 is 0. The number of unbranched alkanes of at least 4 members (excludes halogenated alkanes) is 12. The van der Waals surface area contributed by atoms with Crippen LogP contribution in [0, 0.1) is 0 Å². The number of phosphoric acid groups is 2. The molecule has 102 heavy (non-hydrogen) atoms. The van der Waals surface area contributed by atoms with Gasteiger partial charge in [0.1, 0.15) is 19.3 Å². The number of esters is 4. The first-order valence-corrected chi connectivity index (χ1v) is 40.7. The molecule has 3 N–H and O–H groups in total. The summed E-state index contributed by atoms with van der Waals surface area (Å²) in [6, 6.07) is 0. The SMILES string of the molecule is CC/C=C\C/C=C\C/C=C\C/C=C\C/C=C\CCCC(=O)OCC(COP(=O)(O)OCC(O)COP(=O)(O)OCC(COC(=O)C/C=C\C/C=C\C/C=C\C/C=C\C/C=C\CC)OC(=O)CCCCCCC/C=C\CCCCCCCC)OC(=O)C/C=C\C/C=C\C/C=C\C/C=C\C/C=C\CC. The number of aliphatic hydroxyl groups excluding tert-OH is 1. The van der Waals surface area contributed by atoms with E-state index in [-0.39, 0.29) is 25.7 Å². The predicted octanol–water partition coefficient (Wildman–Crippen LogP) is 21.8. The highest BCUT2D eigenvalue weighted by Gasteiger charge is 2.30. The van der Waals surface area contributed by atoms with E-state index in [0.29, 0.717) is 32.1 Å². The van der Waals surface area contributed by atoms with Crippen LogP contribution in [0.25, 0.3) is 0 Å². The third-order valence-corrected chi connectivity index (χ3v) is 16.5. The van der Waals surface area contributed by atoms with E-state index in [4.69, 9.17) is 37.0 Å². The molecule has 574 valence electrons. The fraction of sp³-hybridized carbons (Fsp3) is 0.566. The first-order valence-electron chi connectivity index (χ1n) is 37.7. The number of phosphoric ester groups is 2. The highest BCUT2D eigenvalue weighted by Crippen LogP contribution is 2.45. The van der Waals surface area contributed by atoms with E-state index >= 15 is 0 Å². The molecule has 0 fully saturated rings. The molecular weight excluding hydrogens is 1330 g/mol. The fourth-order valence-corrected chi connectivity index (χ4v) is 10.6. The second kappa shape index (κ2) is 73.2. The largest absolute Gasteiger partial charge is 0.472 e. The van der Waals surface area contributed by atoms with Crippen molar-refractivity contribution in [2.75, 3.05) is 39.6 Å². The molecule has 0 amide bonds. The molecular formula is C83H130O17P2. The second-order valence-corrected chi connectivity index (χ2v) is 27.0. The van der Waals surface area contributed by atoms with E-state index < -0.39 is 97.5 Å². The van der Waals surface area contributed by atoms with Gasteiger partial charge < -0.3 is 33.8 Å². The summed E-state index contributed by atoms with van der Waals surface area (Å²) in [7, 11) is -10.0.